The Morgan fingerprint density at radius 2 is 2.15 bits per heavy atom. The summed E-state index contributed by atoms with van der Waals surface area (Å²) in [6, 6.07) is 5.94. The molecular weight excluding hydrogens is 298 g/mol. The summed E-state index contributed by atoms with van der Waals surface area (Å²) in [6.45, 7) is 2.03. The van der Waals surface area contributed by atoms with Crippen molar-refractivity contribution >= 4 is 25.6 Å². The average molecular weight is 316 g/mol. The Balaban J connectivity index is 2.08. The van der Waals surface area contributed by atoms with Crippen LogP contribution in [0.3, 0.4) is 0 Å². The van der Waals surface area contributed by atoms with E-state index in [1.54, 1.807) is 6.07 Å². The fraction of sp³-hybridized carbons (Fsp3) is 0.500. The molecular formula is C14H18ClNO3S. The Morgan fingerprint density at radius 1 is 1.45 bits per heavy atom. The zero-order chi connectivity index (χ0) is 14.8. The lowest BCUT2D eigenvalue weighted by Crippen LogP contribution is -2.34. The van der Waals surface area contributed by atoms with E-state index in [-0.39, 0.29) is 16.8 Å². The maximum Gasteiger partial charge on any atom is 0.261 e. The van der Waals surface area contributed by atoms with Gasteiger partial charge in [0.15, 0.2) is 0 Å². The summed E-state index contributed by atoms with van der Waals surface area (Å²) in [5.41, 5.74) is 0.320. The van der Waals surface area contributed by atoms with Crippen molar-refractivity contribution in [2.45, 2.75) is 43.5 Å². The number of halogens is 1. The number of hydrogen-bond donors (Lipinski definition) is 1. The minimum Gasteiger partial charge on any atom is -0.349 e. The van der Waals surface area contributed by atoms with E-state index < -0.39 is 9.05 Å². The molecule has 1 aliphatic carbocycles. The molecule has 6 heteroatoms. The van der Waals surface area contributed by atoms with Gasteiger partial charge in [-0.25, -0.2) is 8.42 Å². The SMILES string of the molecule is CCC(CC1CC1)NC(=O)c1cccc(S(=O)(=O)Cl)c1. The van der Waals surface area contributed by atoms with Crippen LogP contribution in [-0.2, 0) is 9.05 Å². The lowest BCUT2D eigenvalue weighted by atomic mass is 10.1. The predicted molar refractivity (Wildman–Crippen MR) is 78.4 cm³/mol. The third kappa shape index (κ3) is 4.21. The van der Waals surface area contributed by atoms with Gasteiger partial charge in [-0.2, -0.15) is 0 Å². The number of benzene rings is 1. The third-order valence-corrected chi connectivity index (χ3v) is 4.87. The average Bonchev–Trinajstić information content (AvgIpc) is 3.21. The van der Waals surface area contributed by atoms with Gasteiger partial charge in [0.05, 0.1) is 4.90 Å². The number of rotatable bonds is 6. The molecule has 0 heterocycles. The van der Waals surface area contributed by atoms with Crippen LogP contribution in [0.4, 0.5) is 0 Å². The molecule has 1 fully saturated rings. The number of amides is 1. The summed E-state index contributed by atoms with van der Waals surface area (Å²) in [6.07, 6.45) is 4.35. The van der Waals surface area contributed by atoms with E-state index in [1.807, 2.05) is 6.92 Å². The lowest BCUT2D eigenvalue weighted by Gasteiger charge is -2.16. The van der Waals surface area contributed by atoms with Crippen molar-refractivity contribution < 1.29 is 13.2 Å². The highest BCUT2D eigenvalue weighted by atomic mass is 35.7. The van der Waals surface area contributed by atoms with Crippen molar-refractivity contribution in [2.75, 3.05) is 0 Å². The highest BCUT2D eigenvalue weighted by Gasteiger charge is 2.25. The molecule has 110 valence electrons. The molecule has 0 aliphatic heterocycles. The summed E-state index contributed by atoms with van der Waals surface area (Å²) in [5.74, 6) is 0.481. The molecule has 0 saturated heterocycles. The summed E-state index contributed by atoms with van der Waals surface area (Å²) in [7, 11) is 1.48. The molecule has 1 amide bonds. The maximum atomic E-state index is 12.1. The fourth-order valence-corrected chi connectivity index (χ4v) is 2.94. The first-order valence-corrected chi connectivity index (χ1v) is 9.06. The van der Waals surface area contributed by atoms with Gasteiger partial charge in [0.1, 0.15) is 0 Å². The van der Waals surface area contributed by atoms with Gasteiger partial charge in [0, 0.05) is 22.3 Å². The topological polar surface area (TPSA) is 63.2 Å². The molecule has 1 aliphatic rings. The second-order valence-corrected chi connectivity index (χ2v) is 7.79. The monoisotopic (exact) mass is 315 g/mol. The van der Waals surface area contributed by atoms with Gasteiger partial charge in [-0.3, -0.25) is 4.79 Å². The maximum absolute atomic E-state index is 12.1. The first-order chi connectivity index (χ1) is 9.40. The largest absolute Gasteiger partial charge is 0.349 e. The van der Waals surface area contributed by atoms with Gasteiger partial charge in [-0.15, -0.1) is 0 Å². The van der Waals surface area contributed by atoms with Gasteiger partial charge < -0.3 is 5.32 Å². The van der Waals surface area contributed by atoms with Crippen LogP contribution in [0, 0.1) is 5.92 Å². The van der Waals surface area contributed by atoms with Crippen LogP contribution in [0.5, 0.6) is 0 Å². The quantitative estimate of drug-likeness (QED) is 0.821. The molecule has 20 heavy (non-hydrogen) atoms. The molecule has 0 radical (unpaired) electrons. The molecule has 4 nitrogen and oxygen atoms in total. The number of carbonyl (C=O) groups excluding carboxylic acids is 1. The molecule has 1 saturated carbocycles. The molecule has 1 aromatic rings. The number of nitrogens with one attached hydrogen (secondary N) is 1. The summed E-state index contributed by atoms with van der Waals surface area (Å²) >= 11 is 0. The second kappa shape index (κ2) is 6.14. The second-order valence-electron chi connectivity index (χ2n) is 5.22. The Kier molecular flexibility index (Phi) is 4.70. The standard InChI is InChI=1S/C14H18ClNO3S/c1-2-12(8-10-6-7-10)16-14(17)11-4-3-5-13(9-11)20(15,18)19/h3-5,9-10,12H,2,6-8H2,1H3,(H,16,17). The van der Waals surface area contributed by atoms with Gasteiger partial charge in [-0.05, 0) is 37.0 Å². The van der Waals surface area contributed by atoms with E-state index in [0.29, 0.717) is 5.56 Å². The van der Waals surface area contributed by atoms with Crippen LogP contribution >= 0.6 is 10.7 Å². The van der Waals surface area contributed by atoms with Crippen LogP contribution in [0.1, 0.15) is 43.0 Å². The molecule has 0 bridgehead atoms. The molecule has 1 unspecified atom stereocenters. The van der Waals surface area contributed by atoms with Gasteiger partial charge in [-0.1, -0.05) is 25.8 Å². The van der Waals surface area contributed by atoms with E-state index in [2.05, 4.69) is 5.32 Å². The Labute approximate surface area is 123 Å². The van der Waals surface area contributed by atoms with Crippen LogP contribution in [0.25, 0.3) is 0 Å². The third-order valence-electron chi connectivity index (χ3n) is 3.52. The van der Waals surface area contributed by atoms with Crippen molar-refractivity contribution in [1.29, 1.82) is 0 Å². The number of hydrogen-bond acceptors (Lipinski definition) is 3. The Morgan fingerprint density at radius 3 is 2.70 bits per heavy atom. The molecule has 0 spiro atoms. The predicted octanol–water partition coefficient (Wildman–Crippen LogP) is 2.92. The van der Waals surface area contributed by atoms with Crippen LogP contribution in [0.15, 0.2) is 29.2 Å². The van der Waals surface area contributed by atoms with E-state index in [0.717, 1.165) is 18.8 Å². The van der Waals surface area contributed by atoms with E-state index in [9.17, 15) is 13.2 Å². The van der Waals surface area contributed by atoms with E-state index >= 15 is 0 Å². The zero-order valence-electron chi connectivity index (χ0n) is 11.3. The van der Waals surface area contributed by atoms with E-state index in [1.165, 1.54) is 31.0 Å². The molecule has 1 aromatic carbocycles. The summed E-state index contributed by atoms with van der Waals surface area (Å²) in [5, 5.41) is 2.96. The van der Waals surface area contributed by atoms with Gasteiger partial charge in [0.25, 0.3) is 15.0 Å². The highest BCUT2D eigenvalue weighted by Crippen LogP contribution is 2.34. The van der Waals surface area contributed by atoms with Crippen molar-refractivity contribution in [3.63, 3.8) is 0 Å². The minimum atomic E-state index is -3.81. The van der Waals surface area contributed by atoms with Crippen LogP contribution in [0.2, 0.25) is 0 Å². The highest BCUT2D eigenvalue weighted by molar-refractivity contribution is 8.13. The van der Waals surface area contributed by atoms with Crippen molar-refractivity contribution in [3.05, 3.63) is 29.8 Å². The zero-order valence-corrected chi connectivity index (χ0v) is 12.9. The Bertz CT molecular complexity index is 596. The van der Waals surface area contributed by atoms with Crippen LogP contribution < -0.4 is 5.32 Å². The molecule has 1 atom stereocenters. The van der Waals surface area contributed by atoms with Crippen molar-refractivity contribution in [3.8, 4) is 0 Å². The van der Waals surface area contributed by atoms with Gasteiger partial charge in [0.2, 0.25) is 0 Å². The first kappa shape index (κ1) is 15.3. The number of carbonyl (C=O) groups is 1. The van der Waals surface area contributed by atoms with Crippen molar-refractivity contribution in [2.24, 2.45) is 5.92 Å². The minimum absolute atomic E-state index is 0.0536. The smallest absolute Gasteiger partial charge is 0.261 e. The summed E-state index contributed by atoms with van der Waals surface area (Å²) in [4.78, 5) is 12.1. The van der Waals surface area contributed by atoms with E-state index in [4.69, 9.17) is 10.7 Å². The lowest BCUT2D eigenvalue weighted by molar-refractivity contribution is 0.0932. The first-order valence-electron chi connectivity index (χ1n) is 6.75. The normalized spacial score (nSPS) is 16.7. The molecule has 1 N–H and O–H groups in total. The summed E-state index contributed by atoms with van der Waals surface area (Å²) < 4.78 is 22.5. The van der Waals surface area contributed by atoms with Gasteiger partial charge >= 0.3 is 0 Å². The van der Waals surface area contributed by atoms with Crippen LogP contribution in [-0.4, -0.2) is 20.4 Å². The fourth-order valence-electron chi connectivity index (χ4n) is 2.14. The van der Waals surface area contributed by atoms with Crippen molar-refractivity contribution in [1.82, 2.24) is 5.32 Å². The Hall–Kier alpha value is -1.07. The molecule has 2 rings (SSSR count). The molecule has 0 aromatic heterocycles.